The fraction of sp³-hybridized carbons (Fsp3) is 0.455. The summed E-state index contributed by atoms with van der Waals surface area (Å²) >= 11 is 0. The van der Waals surface area contributed by atoms with E-state index >= 15 is 0 Å². The number of rotatable bonds is 8. The Morgan fingerprint density at radius 3 is 2.67 bits per heavy atom. The summed E-state index contributed by atoms with van der Waals surface area (Å²) in [6.45, 7) is 0.114. The quantitative estimate of drug-likeness (QED) is 0.180. The summed E-state index contributed by atoms with van der Waals surface area (Å²) in [7, 11) is -3.52. The smallest absolute Gasteiger partial charge is 0.269 e. The molecule has 114 valence electrons. The minimum Gasteiger partial charge on any atom is -0.270 e. The molecule has 0 aliphatic carbocycles. The Morgan fingerprint density at radius 1 is 1.38 bits per heavy atom. The van der Waals surface area contributed by atoms with Crippen molar-refractivity contribution in [3.05, 3.63) is 49.9 Å². The molecule has 1 aromatic rings. The lowest BCUT2D eigenvalue weighted by Gasteiger charge is -2.08. The van der Waals surface area contributed by atoms with E-state index in [1.165, 1.54) is 12.1 Å². The molecule has 0 bridgehead atoms. The largest absolute Gasteiger partial charge is 0.270 e. The van der Waals surface area contributed by atoms with Crippen LogP contribution in [0.2, 0.25) is 0 Å². The number of hydrogen-bond acceptors (Lipinski definition) is 6. The predicted molar refractivity (Wildman–Crippen MR) is 75.3 cm³/mol. The Morgan fingerprint density at radius 2 is 2.10 bits per heavy atom. The number of non-ortho nitro benzene ring substituents is 1. The van der Waals surface area contributed by atoms with Gasteiger partial charge in [0.2, 0.25) is 0 Å². The molecular formula is C11H14N4O5S. The van der Waals surface area contributed by atoms with Crippen molar-refractivity contribution in [2.75, 3.05) is 19.4 Å². The second-order valence-electron chi connectivity index (χ2n) is 4.19. The summed E-state index contributed by atoms with van der Waals surface area (Å²) in [4.78, 5) is 12.9. The zero-order valence-corrected chi connectivity index (χ0v) is 12.1. The molecule has 0 saturated carbocycles. The van der Waals surface area contributed by atoms with E-state index in [1.54, 1.807) is 6.07 Å². The van der Waals surface area contributed by atoms with E-state index in [0.717, 1.165) is 11.8 Å². The average Bonchev–Trinajstić information content (AvgIpc) is 2.38. The van der Waals surface area contributed by atoms with E-state index in [1.807, 2.05) is 0 Å². The predicted octanol–water partition coefficient (Wildman–Crippen LogP) is 1.97. The first-order valence-electron chi connectivity index (χ1n) is 5.95. The van der Waals surface area contributed by atoms with Gasteiger partial charge in [-0.3, -0.25) is 14.3 Å². The molecule has 0 fully saturated rings. The Labute approximate surface area is 121 Å². The molecule has 0 aliphatic rings. The van der Waals surface area contributed by atoms with Gasteiger partial charge in [-0.1, -0.05) is 11.2 Å². The van der Waals surface area contributed by atoms with Crippen LogP contribution in [0.1, 0.15) is 11.1 Å². The molecule has 0 spiro atoms. The van der Waals surface area contributed by atoms with Crippen molar-refractivity contribution in [1.82, 2.24) is 0 Å². The molecule has 0 heterocycles. The van der Waals surface area contributed by atoms with Crippen LogP contribution >= 0.6 is 0 Å². The van der Waals surface area contributed by atoms with Crippen LogP contribution in [0.25, 0.3) is 10.4 Å². The summed E-state index contributed by atoms with van der Waals surface area (Å²) in [5.74, 6) is 0. The number of nitro groups is 1. The van der Waals surface area contributed by atoms with Gasteiger partial charge in [0.1, 0.15) is 0 Å². The Balaban J connectivity index is 2.89. The molecule has 0 atom stereocenters. The standard InChI is InChI=1S/C11H14N4O5S/c1-21(18,19)20-7-5-9-2-3-11(15(16)17)8-10(9)4-6-13-14-12/h2-3,8H,4-7H2,1H3. The first-order valence-corrected chi connectivity index (χ1v) is 7.76. The molecule has 1 rings (SSSR count). The maximum Gasteiger partial charge on any atom is 0.269 e. The third-order valence-corrected chi connectivity index (χ3v) is 3.21. The number of azide groups is 1. The van der Waals surface area contributed by atoms with Crippen LogP contribution < -0.4 is 0 Å². The van der Waals surface area contributed by atoms with Crippen LogP contribution in [0.3, 0.4) is 0 Å². The topological polar surface area (TPSA) is 135 Å². The van der Waals surface area contributed by atoms with E-state index in [0.29, 0.717) is 12.0 Å². The fourth-order valence-electron chi connectivity index (χ4n) is 1.72. The molecule has 1 aromatic carbocycles. The zero-order chi connectivity index (χ0) is 15.9. The van der Waals surface area contributed by atoms with Gasteiger partial charge in [0.05, 0.1) is 17.8 Å². The highest BCUT2D eigenvalue weighted by Gasteiger charge is 2.11. The van der Waals surface area contributed by atoms with E-state index < -0.39 is 15.0 Å². The van der Waals surface area contributed by atoms with E-state index in [9.17, 15) is 18.5 Å². The van der Waals surface area contributed by atoms with Gasteiger partial charge in [0.25, 0.3) is 15.8 Å². The molecule has 0 radical (unpaired) electrons. The zero-order valence-electron chi connectivity index (χ0n) is 11.3. The van der Waals surface area contributed by atoms with Crippen molar-refractivity contribution < 1.29 is 17.5 Å². The minimum atomic E-state index is -3.52. The van der Waals surface area contributed by atoms with Gasteiger partial charge < -0.3 is 0 Å². The summed E-state index contributed by atoms with van der Waals surface area (Å²) in [5.41, 5.74) is 9.53. The lowest BCUT2D eigenvalue weighted by Crippen LogP contribution is -2.08. The van der Waals surface area contributed by atoms with Crippen molar-refractivity contribution in [1.29, 1.82) is 0 Å². The van der Waals surface area contributed by atoms with Crippen molar-refractivity contribution in [3.8, 4) is 0 Å². The lowest BCUT2D eigenvalue weighted by atomic mass is 10.0. The Kier molecular flexibility index (Phi) is 6.10. The van der Waals surface area contributed by atoms with Gasteiger partial charge in [0, 0.05) is 23.6 Å². The van der Waals surface area contributed by atoms with Crippen molar-refractivity contribution in [3.63, 3.8) is 0 Å². The van der Waals surface area contributed by atoms with Crippen molar-refractivity contribution in [2.45, 2.75) is 12.8 Å². The molecule has 9 nitrogen and oxygen atoms in total. The summed E-state index contributed by atoms with van der Waals surface area (Å²) in [6, 6.07) is 4.28. The summed E-state index contributed by atoms with van der Waals surface area (Å²) in [6.07, 6.45) is 1.57. The highest BCUT2D eigenvalue weighted by atomic mass is 32.2. The van der Waals surface area contributed by atoms with Gasteiger partial charge in [-0.15, -0.1) is 0 Å². The van der Waals surface area contributed by atoms with Gasteiger partial charge in [-0.2, -0.15) is 8.42 Å². The monoisotopic (exact) mass is 314 g/mol. The van der Waals surface area contributed by atoms with Gasteiger partial charge in [0.15, 0.2) is 0 Å². The van der Waals surface area contributed by atoms with Crippen LogP contribution in [-0.2, 0) is 27.1 Å². The third-order valence-electron chi connectivity index (χ3n) is 2.61. The first kappa shape index (κ1) is 16.9. The molecule has 0 aliphatic heterocycles. The molecule has 0 N–H and O–H groups in total. The first-order chi connectivity index (χ1) is 9.83. The fourth-order valence-corrected chi connectivity index (χ4v) is 2.11. The molecule has 21 heavy (non-hydrogen) atoms. The van der Waals surface area contributed by atoms with Crippen molar-refractivity contribution >= 4 is 15.8 Å². The molecule has 10 heteroatoms. The minimum absolute atomic E-state index is 0.0504. The number of nitrogens with zero attached hydrogens (tertiary/aromatic N) is 4. The number of benzene rings is 1. The third kappa shape index (κ3) is 6.21. The van der Waals surface area contributed by atoms with Gasteiger partial charge in [-0.25, -0.2) is 0 Å². The molecule has 0 aromatic heterocycles. The van der Waals surface area contributed by atoms with E-state index in [4.69, 9.17) is 5.53 Å². The maximum absolute atomic E-state index is 10.9. The van der Waals surface area contributed by atoms with Crippen LogP contribution in [0, 0.1) is 10.1 Å². The van der Waals surface area contributed by atoms with Crippen molar-refractivity contribution in [2.24, 2.45) is 5.11 Å². The average molecular weight is 314 g/mol. The normalized spacial score (nSPS) is 10.9. The highest BCUT2D eigenvalue weighted by molar-refractivity contribution is 7.85. The molecule has 0 saturated heterocycles. The van der Waals surface area contributed by atoms with Gasteiger partial charge in [-0.05, 0) is 29.5 Å². The van der Waals surface area contributed by atoms with E-state index in [-0.39, 0.29) is 25.3 Å². The number of hydrogen-bond donors (Lipinski definition) is 0. The van der Waals surface area contributed by atoms with Crippen LogP contribution in [-0.4, -0.2) is 32.7 Å². The summed E-state index contributed by atoms with van der Waals surface area (Å²) < 4.78 is 26.4. The Bertz CT molecular complexity index is 667. The highest BCUT2D eigenvalue weighted by Crippen LogP contribution is 2.19. The summed E-state index contributed by atoms with van der Waals surface area (Å²) in [5, 5.41) is 14.1. The van der Waals surface area contributed by atoms with Crippen LogP contribution in [0.4, 0.5) is 5.69 Å². The molecule has 0 amide bonds. The molecule has 0 unspecified atom stereocenters. The van der Waals surface area contributed by atoms with Gasteiger partial charge >= 0.3 is 0 Å². The lowest BCUT2D eigenvalue weighted by molar-refractivity contribution is -0.384. The second-order valence-corrected chi connectivity index (χ2v) is 5.83. The second kappa shape index (κ2) is 7.58. The van der Waals surface area contributed by atoms with E-state index in [2.05, 4.69) is 14.2 Å². The molecular weight excluding hydrogens is 300 g/mol. The van der Waals surface area contributed by atoms with Crippen LogP contribution in [0.15, 0.2) is 23.3 Å². The van der Waals surface area contributed by atoms with Crippen LogP contribution in [0.5, 0.6) is 0 Å². The number of nitro benzene ring substituents is 1. The Hall–Kier alpha value is -2.16. The maximum atomic E-state index is 10.9. The SMILES string of the molecule is CS(=O)(=O)OCCc1ccc([N+](=O)[O-])cc1CCN=[N+]=[N-].